The van der Waals surface area contributed by atoms with Crippen molar-refractivity contribution in [3.05, 3.63) is 36.5 Å². The Morgan fingerprint density at radius 1 is 0.284 bits per heavy atom. The molecule has 0 spiro atoms. The van der Waals surface area contributed by atoms with Gasteiger partial charge in [0.2, 0.25) is 0 Å². The van der Waals surface area contributed by atoms with E-state index in [2.05, 4.69) is 57.2 Å². The summed E-state index contributed by atoms with van der Waals surface area (Å²) in [5.41, 5.74) is 0. The molecule has 0 radical (unpaired) electrons. The van der Waals surface area contributed by atoms with Crippen LogP contribution in [0.4, 0.5) is 0 Å². The SMILES string of the molecule is CC/C=C\C/C=C\C/C=C\CCCCCCCC(=O)OCC(COC(=O)CCCCCCCCCCCCCCCCCCCCCCC)OC(=O)CCCCCCCCCCCCCCCCCCCCCC. The standard InChI is InChI=1S/C68H126O6/c1-4-7-10-13-16-19-22-25-28-30-32-34-36-37-40-43-46-49-52-55-58-61-67(70)73-64-65(63-72-66(69)60-57-54-51-48-45-42-39-27-24-21-18-15-12-9-6-3)74-68(71)62-59-56-53-50-47-44-41-38-35-33-31-29-26-23-20-17-14-11-8-5-2/h9,12,18,21,27,39,65H,4-8,10-11,13-17,19-20,22-26,28-38,40-64H2,1-3H3/b12-9-,21-18-,39-27-. The van der Waals surface area contributed by atoms with Crippen molar-refractivity contribution in [1.82, 2.24) is 0 Å². The fraction of sp³-hybridized carbons (Fsp3) is 0.868. The van der Waals surface area contributed by atoms with Gasteiger partial charge in [0.15, 0.2) is 6.10 Å². The molecule has 0 aliphatic carbocycles. The van der Waals surface area contributed by atoms with Gasteiger partial charge >= 0.3 is 17.9 Å². The molecule has 0 heterocycles. The maximum Gasteiger partial charge on any atom is 0.306 e. The Morgan fingerprint density at radius 2 is 0.527 bits per heavy atom. The molecular formula is C68H126O6. The molecule has 0 aromatic carbocycles. The molecule has 0 aliphatic rings. The molecule has 0 bridgehead atoms. The normalized spacial score (nSPS) is 12.2. The number of unbranched alkanes of at least 4 members (excludes halogenated alkanes) is 44. The molecule has 1 unspecified atom stereocenters. The highest BCUT2D eigenvalue weighted by molar-refractivity contribution is 5.71. The van der Waals surface area contributed by atoms with Crippen molar-refractivity contribution < 1.29 is 28.6 Å². The van der Waals surface area contributed by atoms with E-state index in [9.17, 15) is 14.4 Å². The molecule has 0 saturated carbocycles. The van der Waals surface area contributed by atoms with E-state index in [0.717, 1.165) is 96.3 Å². The van der Waals surface area contributed by atoms with E-state index in [1.54, 1.807) is 0 Å². The first-order valence-corrected chi connectivity index (χ1v) is 33.0. The molecule has 0 fully saturated rings. The van der Waals surface area contributed by atoms with E-state index in [0.29, 0.717) is 19.3 Å². The lowest BCUT2D eigenvalue weighted by Gasteiger charge is -2.18. The van der Waals surface area contributed by atoms with Crippen molar-refractivity contribution in [2.24, 2.45) is 0 Å². The lowest BCUT2D eigenvalue weighted by atomic mass is 10.0. The fourth-order valence-electron chi connectivity index (χ4n) is 9.99. The highest BCUT2D eigenvalue weighted by atomic mass is 16.6. The van der Waals surface area contributed by atoms with Gasteiger partial charge in [0, 0.05) is 19.3 Å². The van der Waals surface area contributed by atoms with Gasteiger partial charge in [-0.25, -0.2) is 0 Å². The van der Waals surface area contributed by atoms with Gasteiger partial charge in [0.25, 0.3) is 0 Å². The lowest BCUT2D eigenvalue weighted by molar-refractivity contribution is -0.167. The number of ether oxygens (including phenoxy) is 3. The quantitative estimate of drug-likeness (QED) is 0.0261. The molecular weight excluding hydrogens is 913 g/mol. The molecule has 6 nitrogen and oxygen atoms in total. The minimum absolute atomic E-state index is 0.0720. The summed E-state index contributed by atoms with van der Waals surface area (Å²) in [5.74, 6) is -0.862. The lowest BCUT2D eigenvalue weighted by Crippen LogP contribution is -2.30. The summed E-state index contributed by atoms with van der Waals surface area (Å²) >= 11 is 0. The van der Waals surface area contributed by atoms with Crippen LogP contribution < -0.4 is 0 Å². The zero-order valence-electron chi connectivity index (χ0n) is 49.9. The van der Waals surface area contributed by atoms with Crippen LogP contribution in [0.25, 0.3) is 0 Å². The van der Waals surface area contributed by atoms with Crippen molar-refractivity contribution in [3.8, 4) is 0 Å². The first-order chi connectivity index (χ1) is 36.5. The predicted octanol–water partition coefficient (Wildman–Crippen LogP) is 22.4. The number of rotatable bonds is 61. The van der Waals surface area contributed by atoms with Crippen molar-refractivity contribution in [1.29, 1.82) is 0 Å². The van der Waals surface area contributed by atoms with Crippen LogP contribution in [-0.2, 0) is 28.6 Å². The summed E-state index contributed by atoms with van der Waals surface area (Å²) in [6.07, 6.45) is 77.3. The number of carbonyl (C=O) groups excluding carboxylic acids is 3. The van der Waals surface area contributed by atoms with Gasteiger partial charge in [-0.1, -0.05) is 327 Å². The zero-order chi connectivity index (χ0) is 53.6. The Hall–Kier alpha value is -2.37. The van der Waals surface area contributed by atoms with E-state index in [1.165, 1.54) is 225 Å². The van der Waals surface area contributed by atoms with Crippen LogP contribution in [0.2, 0.25) is 0 Å². The van der Waals surface area contributed by atoms with Gasteiger partial charge < -0.3 is 14.2 Å². The molecule has 6 heteroatoms. The summed E-state index contributed by atoms with van der Waals surface area (Å²) in [4.78, 5) is 38.3. The largest absolute Gasteiger partial charge is 0.462 e. The monoisotopic (exact) mass is 1040 g/mol. The third-order valence-corrected chi connectivity index (χ3v) is 14.9. The molecule has 0 rings (SSSR count). The van der Waals surface area contributed by atoms with E-state index < -0.39 is 6.10 Å². The van der Waals surface area contributed by atoms with Crippen LogP contribution >= 0.6 is 0 Å². The second-order valence-electron chi connectivity index (χ2n) is 22.4. The third kappa shape index (κ3) is 60.5. The van der Waals surface area contributed by atoms with E-state index >= 15 is 0 Å². The highest BCUT2D eigenvalue weighted by Gasteiger charge is 2.19. The highest BCUT2D eigenvalue weighted by Crippen LogP contribution is 2.18. The summed E-state index contributed by atoms with van der Waals surface area (Å²) < 4.78 is 17.0. The van der Waals surface area contributed by atoms with Crippen LogP contribution in [0, 0.1) is 0 Å². The molecule has 0 saturated heterocycles. The molecule has 74 heavy (non-hydrogen) atoms. The van der Waals surface area contributed by atoms with E-state index in [4.69, 9.17) is 14.2 Å². The zero-order valence-corrected chi connectivity index (χ0v) is 49.9. The Balaban J connectivity index is 4.30. The Bertz CT molecular complexity index is 1240. The molecule has 0 N–H and O–H groups in total. The predicted molar refractivity (Wildman–Crippen MR) is 321 cm³/mol. The van der Waals surface area contributed by atoms with Gasteiger partial charge in [0.1, 0.15) is 13.2 Å². The summed E-state index contributed by atoms with van der Waals surface area (Å²) in [6.45, 7) is 6.59. The number of carbonyl (C=O) groups is 3. The second kappa shape index (κ2) is 63.2. The number of hydrogen-bond acceptors (Lipinski definition) is 6. The Labute approximate surface area is 461 Å². The Morgan fingerprint density at radius 3 is 0.824 bits per heavy atom. The van der Waals surface area contributed by atoms with Crippen molar-refractivity contribution >= 4 is 17.9 Å². The average Bonchev–Trinajstić information content (AvgIpc) is 3.40. The van der Waals surface area contributed by atoms with Crippen LogP contribution in [-0.4, -0.2) is 37.2 Å². The molecule has 0 aliphatic heterocycles. The van der Waals surface area contributed by atoms with Gasteiger partial charge in [-0.3, -0.25) is 14.4 Å². The maximum atomic E-state index is 12.9. The van der Waals surface area contributed by atoms with Gasteiger partial charge in [-0.05, 0) is 51.4 Å². The molecule has 0 aromatic rings. The topological polar surface area (TPSA) is 78.9 Å². The summed E-state index contributed by atoms with van der Waals surface area (Å²) in [5, 5.41) is 0. The van der Waals surface area contributed by atoms with Gasteiger partial charge in [0.05, 0.1) is 0 Å². The minimum Gasteiger partial charge on any atom is -0.462 e. The summed E-state index contributed by atoms with van der Waals surface area (Å²) in [7, 11) is 0. The van der Waals surface area contributed by atoms with Gasteiger partial charge in [-0.2, -0.15) is 0 Å². The molecule has 1 atom stereocenters. The van der Waals surface area contributed by atoms with Crippen molar-refractivity contribution in [2.45, 2.75) is 367 Å². The minimum atomic E-state index is -0.776. The smallest absolute Gasteiger partial charge is 0.306 e. The number of hydrogen-bond donors (Lipinski definition) is 0. The molecule has 0 amide bonds. The average molecular weight is 1040 g/mol. The fourth-order valence-corrected chi connectivity index (χ4v) is 9.99. The van der Waals surface area contributed by atoms with E-state index in [-0.39, 0.29) is 31.1 Å². The van der Waals surface area contributed by atoms with Crippen LogP contribution in [0.5, 0.6) is 0 Å². The van der Waals surface area contributed by atoms with Crippen LogP contribution in [0.3, 0.4) is 0 Å². The van der Waals surface area contributed by atoms with Crippen molar-refractivity contribution in [2.75, 3.05) is 13.2 Å². The summed E-state index contributed by atoms with van der Waals surface area (Å²) in [6, 6.07) is 0. The van der Waals surface area contributed by atoms with Crippen molar-refractivity contribution in [3.63, 3.8) is 0 Å². The third-order valence-electron chi connectivity index (χ3n) is 14.9. The molecule has 0 aromatic heterocycles. The van der Waals surface area contributed by atoms with Crippen LogP contribution in [0.15, 0.2) is 36.5 Å². The molecule has 434 valence electrons. The number of esters is 3. The number of allylic oxidation sites excluding steroid dienone is 6. The first-order valence-electron chi connectivity index (χ1n) is 33.0. The second-order valence-corrected chi connectivity index (χ2v) is 22.4. The Kier molecular flexibility index (Phi) is 61.1. The maximum absolute atomic E-state index is 12.9. The van der Waals surface area contributed by atoms with E-state index in [1.807, 2.05) is 0 Å². The van der Waals surface area contributed by atoms with Crippen LogP contribution in [0.1, 0.15) is 361 Å². The van der Waals surface area contributed by atoms with Gasteiger partial charge in [-0.15, -0.1) is 0 Å². The first kappa shape index (κ1) is 71.6.